The number of benzene rings is 1. The van der Waals surface area contributed by atoms with Crippen LogP contribution in [0.2, 0.25) is 0 Å². The van der Waals surface area contributed by atoms with Gasteiger partial charge in [0, 0.05) is 12.3 Å². The lowest BCUT2D eigenvalue weighted by Gasteiger charge is -2.09. The molecule has 0 saturated heterocycles. The van der Waals surface area contributed by atoms with Crippen molar-refractivity contribution >= 4 is 5.97 Å². The van der Waals surface area contributed by atoms with Gasteiger partial charge in [-0.15, -0.1) is 0 Å². The van der Waals surface area contributed by atoms with E-state index >= 15 is 0 Å². The molecule has 0 fully saturated rings. The van der Waals surface area contributed by atoms with Crippen LogP contribution in [0.5, 0.6) is 5.88 Å². The predicted octanol–water partition coefficient (Wildman–Crippen LogP) is 3.47. The fourth-order valence-electron chi connectivity index (χ4n) is 1.69. The van der Waals surface area contributed by atoms with E-state index in [0.717, 1.165) is 12.1 Å². The summed E-state index contributed by atoms with van der Waals surface area (Å²) in [6, 6.07) is 7.56. The van der Waals surface area contributed by atoms with Crippen LogP contribution in [0.1, 0.15) is 21.5 Å². The van der Waals surface area contributed by atoms with Crippen LogP contribution in [0.25, 0.3) is 0 Å². The second kappa shape index (κ2) is 6.46. The number of alkyl halides is 3. The summed E-state index contributed by atoms with van der Waals surface area (Å²) < 4.78 is 47.5. The Morgan fingerprint density at radius 1 is 1.23 bits per heavy atom. The fraction of sp³-hybridized carbons (Fsp3) is 0.200. The van der Waals surface area contributed by atoms with Crippen molar-refractivity contribution in [2.24, 2.45) is 0 Å². The molecule has 2 rings (SSSR count). The average molecular weight is 311 g/mol. The third kappa shape index (κ3) is 3.97. The van der Waals surface area contributed by atoms with Crippen molar-refractivity contribution in [3.8, 4) is 5.88 Å². The lowest BCUT2D eigenvalue weighted by Crippen LogP contribution is -2.08. The van der Waals surface area contributed by atoms with E-state index < -0.39 is 17.7 Å². The zero-order chi connectivity index (χ0) is 16.2. The number of carbonyl (C=O) groups is 1. The minimum absolute atomic E-state index is 0.188. The highest BCUT2D eigenvalue weighted by Gasteiger charge is 2.30. The molecule has 0 aliphatic carbocycles. The van der Waals surface area contributed by atoms with Gasteiger partial charge in [0.1, 0.15) is 6.61 Å². The van der Waals surface area contributed by atoms with Gasteiger partial charge in [-0.2, -0.15) is 13.2 Å². The number of hydrogen-bond donors (Lipinski definition) is 0. The smallest absolute Gasteiger partial charge is 0.416 e. The summed E-state index contributed by atoms with van der Waals surface area (Å²) in [5.74, 6) is -0.331. The molecule has 0 aliphatic rings. The van der Waals surface area contributed by atoms with Gasteiger partial charge in [-0.3, -0.25) is 0 Å². The Kier molecular flexibility index (Phi) is 4.65. The Hall–Kier alpha value is -2.57. The molecule has 22 heavy (non-hydrogen) atoms. The summed E-state index contributed by atoms with van der Waals surface area (Å²) in [6.07, 6.45) is -3.16. The number of pyridine rings is 1. The van der Waals surface area contributed by atoms with E-state index in [0.29, 0.717) is 5.88 Å². The van der Waals surface area contributed by atoms with Crippen LogP contribution < -0.4 is 4.74 Å². The Labute approximate surface area is 124 Å². The monoisotopic (exact) mass is 311 g/mol. The molecule has 116 valence electrons. The summed E-state index contributed by atoms with van der Waals surface area (Å²) >= 11 is 0. The number of esters is 1. The van der Waals surface area contributed by atoms with Gasteiger partial charge in [0.05, 0.1) is 18.2 Å². The van der Waals surface area contributed by atoms with E-state index in [2.05, 4.69) is 4.98 Å². The molecule has 0 bridgehead atoms. The third-order valence-corrected chi connectivity index (χ3v) is 2.81. The van der Waals surface area contributed by atoms with Crippen molar-refractivity contribution in [3.05, 3.63) is 59.3 Å². The maximum Gasteiger partial charge on any atom is 0.416 e. The Balaban J connectivity index is 2.01. The van der Waals surface area contributed by atoms with Crippen LogP contribution in [0, 0.1) is 0 Å². The van der Waals surface area contributed by atoms with Gasteiger partial charge in [0.25, 0.3) is 0 Å². The first-order valence-electron chi connectivity index (χ1n) is 6.23. The van der Waals surface area contributed by atoms with Crippen molar-refractivity contribution in [3.63, 3.8) is 0 Å². The van der Waals surface area contributed by atoms with Gasteiger partial charge in [-0.25, -0.2) is 9.78 Å². The number of hydrogen-bond acceptors (Lipinski definition) is 4. The number of carbonyl (C=O) groups excluding carboxylic acids is 1. The Morgan fingerprint density at radius 3 is 2.59 bits per heavy atom. The van der Waals surface area contributed by atoms with Crippen LogP contribution in [-0.2, 0) is 17.5 Å². The third-order valence-electron chi connectivity index (χ3n) is 2.81. The molecule has 0 amide bonds. The molecule has 4 nitrogen and oxygen atoms in total. The predicted molar refractivity (Wildman–Crippen MR) is 71.4 cm³/mol. The molecule has 1 heterocycles. The zero-order valence-electron chi connectivity index (χ0n) is 11.6. The summed E-state index contributed by atoms with van der Waals surface area (Å²) in [4.78, 5) is 15.6. The summed E-state index contributed by atoms with van der Waals surface area (Å²) in [5, 5.41) is 0. The number of methoxy groups -OCH3 is 1. The molecule has 0 atom stereocenters. The molecule has 0 saturated carbocycles. The number of ether oxygens (including phenoxy) is 2. The van der Waals surface area contributed by atoms with Crippen molar-refractivity contribution in [1.29, 1.82) is 0 Å². The van der Waals surface area contributed by atoms with E-state index in [4.69, 9.17) is 9.47 Å². The lowest BCUT2D eigenvalue weighted by atomic mass is 10.1. The van der Waals surface area contributed by atoms with Gasteiger partial charge in [0.2, 0.25) is 5.88 Å². The van der Waals surface area contributed by atoms with Gasteiger partial charge in [-0.05, 0) is 23.8 Å². The fourth-order valence-corrected chi connectivity index (χ4v) is 1.69. The van der Waals surface area contributed by atoms with E-state index in [1.165, 1.54) is 37.6 Å². The first-order chi connectivity index (χ1) is 10.4. The molecule has 0 aliphatic heterocycles. The summed E-state index contributed by atoms with van der Waals surface area (Å²) in [6.45, 7) is -0.255. The van der Waals surface area contributed by atoms with Gasteiger partial charge < -0.3 is 9.47 Å². The molecular weight excluding hydrogens is 299 g/mol. The Bertz CT molecular complexity index is 654. The zero-order valence-corrected chi connectivity index (χ0v) is 11.6. The van der Waals surface area contributed by atoms with E-state index in [-0.39, 0.29) is 17.7 Å². The second-order valence-electron chi connectivity index (χ2n) is 4.36. The van der Waals surface area contributed by atoms with Crippen LogP contribution in [-0.4, -0.2) is 18.1 Å². The maximum absolute atomic E-state index is 12.6. The quantitative estimate of drug-likeness (QED) is 0.811. The number of aromatic nitrogens is 1. The SMILES string of the molecule is COc1ccc(C(=O)OCc2cccc(C(F)(F)F)c2)cn1. The molecule has 7 heteroatoms. The first-order valence-corrected chi connectivity index (χ1v) is 6.23. The molecule has 0 unspecified atom stereocenters. The highest BCUT2D eigenvalue weighted by atomic mass is 19.4. The van der Waals surface area contributed by atoms with Crippen molar-refractivity contribution < 1.29 is 27.4 Å². The molecule has 1 aromatic heterocycles. The Morgan fingerprint density at radius 2 is 2.00 bits per heavy atom. The number of rotatable bonds is 4. The van der Waals surface area contributed by atoms with Crippen molar-refractivity contribution in [1.82, 2.24) is 4.98 Å². The van der Waals surface area contributed by atoms with E-state index in [1.54, 1.807) is 0 Å². The van der Waals surface area contributed by atoms with Gasteiger partial charge >= 0.3 is 12.1 Å². The molecule has 0 N–H and O–H groups in total. The van der Waals surface area contributed by atoms with Gasteiger partial charge in [0.15, 0.2) is 0 Å². The average Bonchev–Trinajstić information content (AvgIpc) is 2.52. The van der Waals surface area contributed by atoms with Crippen molar-refractivity contribution in [2.75, 3.05) is 7.11 Å². The van der Waals surface area contributed by atoms with Crippen LogP contribution >= 0.6 is 0 Å². The van der Waals surface area contributed by atoms with E-state index in [9.17, 15) is 18.0 Å². The largest absolute Gasteiger partial charge is 0.481 e. The topological polar surface area (TPSA) is 48.4 Å². The maximum atomic E-state index is 12.6. The standard InChI is InChI=1S/C15H12F3NO3/c1-21-13-6-5-11(8-19-13)14(20)22-9-10-3-2-4-12(7-10)15(16,17)18/h2-8H,9H2,1H3. The molecule has 1 aromatic carbocycles. The first kappa shape index (κ1) is 15.8. The minimum atomic E-state index is -4.43. The summed E-state index contributed by atoms with van der Waals surface area (Å²) in [7, 11) is 1.44. The van der Waals surface area contributed by atoms with Crippen LogP contribution in [0.3, 0.4) is 0 Å². The highest BCUT2D eigenvalue weighted by molar-refractivity contribution is 5.89. The number of nitrogens with zero attached hydrogens (tertiary/aromatic N) is 1. The van der Waals surface area contributed by atoms with E-state index in [1.807, 2.05) is 0 Å². The molecule has 2 aromatic rings. The number of halogens is 3. The molecular formula is C15H12F3NO3. The molecule has 0 spiro atoms. The normalized spacial score (nSPS) is 11.1. The summed E-state index contributed by atoms with van der Waals surface area (Å²) in [5.41, 5.74) is -0.343. The van der Waals surface area contributed by atoms with Crippen LogP contribution in [0.15, 0.2) is 42.6 Å². The second-order valence-corrected chi connectivity index (χ2v) is 4.36. The highest BCUT2D eigenvalue weighted by Crippen LogP contribution is 2.29. The van der Waals surface area contributed by atoms with Gasteiger partial charge in [-0.1, -0.05) is 12.1 Å². The minimum Gasteiger partial charge on any atom is -0.481 e. The lowest BCUT2D eigenvalue weighted by molar-refractivity contribution is -0.137. The molecule has 0 radical (unpaired) electrons. The van der Waals surface area contributed by atoms with Crippen molar-refractivity contribution in [2.45, 2.75) is 12.8 Å². The van der Waals surface area contributed by atoms with Crippen LogP contribution in [0.4, 0.5) is 13.2 Å².